The van der Waals surface area contributed by atoms with Crippen molar-refractivity contribution < 1.29 is 18.8 Å². The van der Waals surface area contributed by atoms with Crippen LogP contribution in [0.3, 0.4) is 0 Å². The van der Waals surface area contributed by atoms with Crippen molar-refractivity contribution in [1.82, 2.24) is 15.4 Å². The van der Waals surface area contributed by atoms with Gasteiger partial charge in [-0.2, -0.15) is 0 Å². The van der Waals surface area contributed by atoms with Crippen molar-refractivity contribution in [3.63, 3.8) is 0 Å². The van der Waals surface area contributed by atoms with Gasteiger partial charge in [0.25, 0.3) is 0 Å². The van der Waals surface area contributed by atoms with Gasteiger partial charge in [0.1, 0.15) is 12.4 Å². The molecule has 1 N–H and O–H groups in total. The van der Waals surface area contributed by atoms with Crippen LogP contribution in [0.15, 0.2) is 40.9 Å². The number of hydrogen-bond acceptors (Lipinski definition) is 6. The molecule has 0 spiro atoms. The largest absolute Gasteiger partial charge is 0.486 e. The Hall–Kier alpha value is -2.38. The topological polar surface area (TPSA) is 76.8 Å². The summed E-state index contributed by atoms with van der Waals surface area (Å²) >= 11 is 0. The number of aromatic nitrogens is 1. The van der Waals surface area contributed by atoms with Crippen LogP contribution in [0, 0.1) is 11.8 Å². The van der Waals surface area contributed by atoms with Crippen LogP contribution in [0.1, 0.15) is 24.3 Å². The second-order valence-electron chi connectivity index (χ2n) is 7.80. The molecule has 1 aromatic carbocycles. The smallest absolute Gasteiger partial charge is 0.223 e. The number of ether oxygens (including phenoxy) is 2. The number of carbonyl (C=O) groups is 1. The van der Waals surface area contributed by atoms with E-state index in [-0.39, 0.29) is 5.91 Å². The Labute approximate surface area is 171 Å². The molecule has 0 bridgehead atoms. The molecule has 0 saturated carbocycles. The number of nitrogens with zero attached hydrogens (tertiary/aromatic N) is 2. The SMILES string of the molecule is O=C(C[C@@H]1CCNC[C@H]1Cc1cc(COc2ccccc2)on1)N1CCOCC1. The molecule has 0 radical (unpaired) electrons. The van der Waals surface area contributed by atoms with Crippen LogP contribution in [-0.2, 0) is 22.6 Å². The quantitative estimate of drug-likeness (QED) is 0.770. The second-order valence-corrected chi connectivity index (χ2v) is 7.80. The minimum Gasteiger partial charge on any atom is -0.486 e. The van der Waals surface area contributed by atoms with Gasteiger partial charge >= 0.3 is 0 Å². The minimum atomic E-state index is 0.252. The first-order valence-corrected chi connectivity index (χ1v) is 10.5. The Bertz CT molecular complexity index is 773. The second kappa shape index (κ2) is 9.89. The normalized spacial score (nSPS) is 22.4. The summed E-state index contributed by atoms with van der Waals surface area (Å²) in [6, 6.07) is 11.6. The number of amides is 1. The van der Waals surface area contributed by atoms with E-state index in [2.05, 4.69) is 10.5 Å². The summed E-state index contributed by atoms with van der Waals surface area (Å²) in [7, 11) is 0. The first kappa shape index (κ1) is 19.9. The molecule has 2 aromatic rings. The Kier molecular flexibility index (Phi) is 6.79. The molecule has 2 aliphatic rings. The lowest BCUT2D eigenvalue weighted by Gasteiger charge is -2.34. The van der Waals surface area contributed by atoms with Crippen molar-refractivity contribution in [3.05, 3.63) is 47.9 Å². The molecule has 0 aliphatic carbocycles. The van der Waals surface area contributed by atoms with Crippen LogP contribution < -0.4 is 10.1 Å². The van der Waals surface area contributed by atoms with Gasteiger partial charge in [-0.15, -0.1) is 0 Å². The number of benzene rings is 1. The molecule has 1 amide bonds. The number of nitrogens with one attached hydrogen (secondary N) is 1. The zero-order valence-corrected chi connectivity index (χ0v) is 16.7. The number of rotatable bonds is 7. The molecule has 29 heavy (non-hydrogen) atoms. The number of morpholine rings is 1. The van der Waals surface area contributed by atoms with E-state index in [1.54, 1.807) is 0 Å². The molecule has 2 fully saturated rings. The summed E-state index contributed by atoms with van der Waals surface area (Å²) in [5.41, 5.74) is 0.925. The average molecular weight is 399 g/mol. The van der Waals surface area contributed by atoms with E-state index in [1.807, 2.05) is 41.3 Å². The summed E-state index contributed by atoms with van der Waals surface area (Å²) in [6.45, 7) is 4.95. The maximum absolute atomic E-state index is 12.7. The fraction of sp³-hybridized carbons (Fsp3) is 0.545. The summed E-state index contributed by atoms with van der Waals surface area (Å²) in [5.74, 6) is 2.52. The van der Waals surface area contributed by atoms with Crippen LogP contribution in [-0.4, -0.2) is 55.4 Å². The molecule has 3 heterocycles. The van der Waals surface area contributed by atoms with E-state index >= 15 is 0 Å². The first-order valence-electron chi connectivity index (χ1n) is 10.5. The van der Waals surface area contributed by atoms with E-state index in [0.29, 0.717) is 56.9 Å². The fourth-order valence-corrected chi connectivity index (χ4v) is 4.11. The van der Waals surface area contributed by atoms with Gasteiger partial charge in [0.2, 0.25) is 5.91 Å². The molecule has 0 unspecified atom stereocenters. The van der Waals surface area contributed by atoms with Crippen molar-refractivity contribution in [2.75, 3.05) is 39.4 Å². The van der Waals surface area contributed by atoms with Gasteiger partial charge in [0, 0.05) is 25.6 Å². The zero-order chi connectivity index (χ0) is 19.9. The highest BCUT2D eigenvalue weighted by Gasteiger charge is 2.30. The molecule has 156 valence electrons. The molecular weight excluding hydrogens is 370 g/mol. The molecule has 2 atom stereocenters. The number of hydrogen-bond donors (Lipinski definition) is 1. The molecular formula is C22H29N3O4. The van der Waals surface area contributed by atoms with Crippen molar-refractivity contribution in [1.29, 1.82) is 0 Å². The van der Waals surface area contributed by atoms with Gasteiger partial charge < -0.3 is 24.2 Å². The lowest BCUT2D eigenvalue weighted by atomic mass is 9.81. The third-order valence-electron chi connectivity index (χ3n) is 5.77. The lowest BCUT2D eigenvalue weighted by Crippen LogP contribution is -2.44. The Morgan fingerprint density at radius 3 is 2.86 bits per heavy atom. The molecule has 7 nitrogen and oxygen atoms in total. The first-order chi connectivity index (χ1) is 14.3. The Balaban J connectivity index is 1.31. The molecule has 1 aromatic heterocycles. The maximum atomic E-state index is 12.7. The van der Waals surface area contributed by atoms with E-state index in [1.165, 1.54) is 0 Å². The van der Waals surface area contributed by atoms with Crippen LogP contribution in [0.2, 0.25) is 0 Å². The van der Waals surface area contributed by atoms with Crippen molar-refractivity contribution in [2.45, 2.75) is 25.9 Å². The van der Waals surface area contributed by atoms with Gasteiger partial charge in [-0.3, -0.25) is 4.79 Å². The van der Waals surface area contributed by atoms with E-state index in [0.717, 1.165) is 37.4 Å². The third kappa shape index (κ3) is 5.58. The summed E-state index contributed by atoms with van der Waals surface area (Å²) in [5, 5.41) is 7.69. The highest BCUT2D eigenvalue weighted by Crippen LogP contribution is 2.27. The Morgan fingerprint density at radius 2 is 2.03 bits per heavy atom. The van der Waals surface area contributed by atoms with E-state index in [9.17, 15) is 4.79 Å². The minimum absolute atomic E-state index is 0.252. The van der Waals surface area contributed by atoms with Crippen molar-refractivity contribution in [2.24, 2.45) is 11.8 Å². The van der Waals surface area contributed by atoms with E-state index < -0.39 is 0 Å². The van der Waals surface area contributed by atoms with Gasteiger partial charge in [-0.1, -0.05) is 23.4 Å². The van der Waals surface area contributed by atoms with Crippen LogP contribution in [0.4, 0.5) is 0 Å². The molecule has 4 rings (SSSR count). The molecule has 2 saturated heterocycles. The van der Waals surface area contributed by atoms with Gasteiger partial charge in [-0.05, 0) is 49.9 Å². The predicted molar refractivity (Wildman–Crippen MR) is 107 cm³/mol. The summed E-state index contributed by atoms with van der Waals surface area (Å²) in [6.07, 6.45) is 2.43. The van der Waals surface area contributed by atoms with Crippen LogP contribution in [0.25, 0.3) is 0 Å². The third-order valence-corrected chi connectivity index (χ3v) is 5.77. The molecule has 2 aliphatic heterocycles. The predicted octanol–water partition coefficient (Wildman–Crippen LogP) is 2.27. The fourth-order valence-electron chi connectivity index (χ4n) is 4.11. The lowest BCUT2D eigenvalue weighted by molar-refractivity contribution is -0.136. The number of carbonyl (C=O) groups excluding carboxylic acids is 1. The van der Waals surface area contributed by atoms with E-state index in [4.69, 9.17) is 14.0 Å². The van der Waals surface area contributed by atoms with Crippen molar-refractivity contribution in [3.8, 4) is 5.75 Å². The summed E-state index contributed by atoms with van der Waals surface area (Å²) in [4.78, 5) is 14.6. The number of para-hydroxylation sites is 1. The standard InChI is InChI=1S/C22H29N3O4/c26-22(25-8-10-27-11-9-25)13-17-6-7-23-15-18(17)12-19-14-21(29-24-19)16-28-20-4-2-1-3-5-20/h1-5,14,17-18,23H,6-13,15-16H2/t17-,18+/m0/s1. The van der Waals surface area contributed by atoms with Gasteiger partial charge in [-0.25, -0.2) is 0 Å². The van der Waals surface area contributed by atoms with Gasteiger partial charge in [0.15, 0.2) is 5.76 Å². The number of piperidine rings is 1. The highest BCUT2D eigenvalue weighted by molar-refractivity contribution is 5.76. The Morgan fingerprint density at radius 1 is 1.21 bits per heavy atom. The van der Waals surface area contributed by atoms with Gasteiger partial charge in [0.05, 0.1) is 18.9 Å². The molecule has 7 heteroatoms. The van der Waals surface area contributed by atoms with Crippen LogP contribution in [0.5, 0.6) is 5.75 Å². The summed E-state index contributed by atoms with van der Waals surface area (Å²) < 4.78 is 16.5. The average Bonchev–Trinajstić information content (AvgIpc) is 3.22. The maximum Gasteiger partial charge on any atom is 0.223 e. The highest BCUT2D eigenvalue weighted by atomic mass is 16.5. The van der Waals surface area contributed by atoms with Crippen LogP contribution >= 0.6 is 0 Å². The monoisotopic (exact) mass is 399 g/mol. The van der Waals surface area contributed by atoms with Crippen molar-refractivity contribution >= 4 is 5.91 Å². The zero-order valence-electron chi connectivity index (χ0n) is 16.7.